The van der Waals surface area contributed by atoms with Gasteiger partial charge in [0.05, 0.1) is 17.1 Å². The molecule has 0 aliphatic carbocycles. The number of allylic oxidation sites excluding steroid dienone is 2. The van der Waals surface area contributed by atoms with Gasteiger partial charge in [-0.25, -0.2) is 0 Å². The van der Waals surface area contributed by atoms with Crippen LogP contribution in [-0.2, 0) is 7.05 Å². The molecule has 5 rings (SSSR count). The highest BCUT2D eigenvalue weighted by Crippen LogP contribution is 2.34. The monoisotopic (exact) mass is 460 g/mol. The molecular weight excluding hydrogens is 432 g/mol. The van der Waals surface area contributed by atoms with Gasteiger partial charge in [-0.15, -0.1) is 0 Å². The summed E-state index contributed by atoms with van der Waals surface area (Å²) in [6.45, 7) is 4.17. The van der Waals surface area contributed by atoms with E-state index in [2.05, 4.69) is 92.5 Å². The third-order valence-electron chi connectivity index (χ3n) is 6.36. The number of benzene rings is 2. The molecule has 0 bridgehead atoms. The number of aromatic nitrogens is 4. The first-order chi connectivity index (χ1) is 17.1. The van der Waals surface area contributed by atoms with Crippen LogP contribution in [0, 0.1) is 0 Å². The summed E-state index contributed by atoms with van der Waals surface area (Å²) in [5.74, 6) is 0. The van der Waals surface area contributed by atoms with Gasteiger partial charge in [-0.3, -0.25) is 19.9 Å². The standard InChI is InChI=1S/C29H28N6/c1-5-20(17-30-3)24-8-10-31-18-26(24)19(2)34-23-15-25(29-27(16-23)32-11-12-33-29)22-7-6-21-9-13-35(4)28(21)14-22/h5-19,34H,1-4H3/b20-5+,30-17?. The van der Waals surface area contributed by atoms with E-state index in [4.69, 9.17) is 0 Å². The van der Waals surface area contributed by atoms with Gasteiger partial charge in [0.15, 0.2) is 0 Å². The summed E-state index contributed by atoms with van der Waals surface area (Å²) in [6, 6.07) is 14.9. The summed E-state index contributed by atoms with van der Waals surface area (Å²) in [5, 5.41) is 4.90. The second kappa shape index (κ2) is 9.50. The SMILES string of the molecule is C/C=C(\C=NC)c1ccncc1C(C)Nc1cc(-c2ccc3ccn(C)c3c2)c2nccnc2c1. The fourth-order valence-electron chi connectivity index (χ4n) is 4.59. The minimum absolute atomic E-state index is 0.0104. The molecule has 2 aromatic carbocycles. The highest BCUT2D eigenvalue weighted by molar-refractivity contribution is 6.10. The Balaban J connectivity index is 1.58. The Morgan fingerprint density at radius 1 is 1.06 bits per heavy atom. The minimum atomic E-state index is 0.0104. The smallest absolute Gasteiger partial charge is 0.0966 e. The Hall–Kier alpha value is -4.32. The first-order valence-electron chi connectivity index (χ1n) is 11.7. The zero-order chi connectivity index (χ0) is 24.4. The van der Waals surface area contributed by atoms with Crippen molar-refractivity contribution in [2.24, 2.45) is 12.0 Å². The zero-order valence-corrected chi connectivity index (χ0v) is 20.4. The number of hydrogen-bond acceptors (Lipinski definition) is 5. The van der Waals surface area contributed by atoms with Gasteiger partial charge in [0, 0.05) is 73.6 Å². The lowest BCUT2D eigenvalue weighted by Gasteiger charge is -2.20. The number of aliphatic imine (C=N–C) groups is 1. The summed E-state index contributed by atoms with van der Waals surface area (Å²) < 4.78 is 2.14. The first-order valence-corrected chi connectivity index (χ1v) is 11.7. The number of fused-ring (bicyclic) bond motifs is 2. The lowest BCUT2D eigenvalue weighted by atomic mass is 9.97. The third-order valence-corrected chi connectivity index (χ3v) is 6.36. The number of nitrogens with one attached hydrogen (secondary N) is 1. The van der Waals surface area contributed by atoms with Gasteiger partial charge in [-0.05, 0) is 66.3 Å². The van der Waals surface area contributed by atoms with Crippen LogP contribution in [0.2, 0.25) is 0 Å². The average molecular weight is 461 g/mol. The highest BCUT2D eigenvalue weighted by Gasteiger charge is 2.15. The summed E-state index contributed by atoms with van der Waals surface area (Å²) in [4.78, 5) is 17.9. The molecule has 0 aliphatic heterocycles. The molecule has 0 saturated heterocycles. The molecule has 6 heteroatoms. The predicted molar refractivity (Wildman–Crippen MR) is 146 cm³/mol. The average Bonchev–Trinajstić information content (AvgIpc) is 3.26. The molecule has 0 amide bonds. The molecule has 3 heterocycles. The molecule has 0 fully saturated rings. The maximum absolute atomic E-state index is 4.67. The van der Waals surface area contributed by atoms with E-state index >= 15 is 0 Å². The fourth-order valence-corrected chi connectivity index (χ4v) is 4.59. The number of aryl methyl sites for hydroxylation is 1. The van der Waals surface area contributed by atoms with Crippen molar-refractivity contribution in [1.29, 1.82) is 0 Å². The van der Waals surface area contributed by atoms with Crippen LogP contribution in [-0.4, -0.2) is 32.8 Å². The minimum Gasteiger partial charge on any atom is -0.378 e. The quantitative estimate of drug-likeness (QED) is 0.295. The van der Waals surface area contributed by atoms with Gasteiger partial charge >= 0.3 is 0 Å². The van der Waals surface area contributed by atoms with Crippen molar-refractivity contribution in [3.8, 4) is 11.1 Å². The molecule has 1 atom stereocenters. The number of pyridine rings is 1. The van der Waals surface area contributed by atoms with Gasteiger partial charge in [-0.2, -0.15) is 0 Å². The molecule has 1 N–H and O–H groups in total. The van der Waals surface area contributed by atoms with Gasteiger partial charge in [-0.1, -0.05) is 18.2 Å². The van der Waals surface area contributed by atoms with Crippen LogP contribution in [0.1, 0.15) is 31.0 Å². The number of hydrogen-bond donors (Lipinski definition) is 1. The van der Waals surface area contributed by atoms with Crippen LogP contribution in [0.15, 0.2) is 84.5 Å². The third kappa shape index (κ3) is 4.30. The predicted octanol–water partition coefficient (Wildman–Crippen LogP) is 6.46. The number of rotatable bonds is 6. The van der Waals surface area contributed by atoms with Crippen LogP contribution < -0.4 is 5.32 Å². The van der Waals surface area contributed by atoms with E-state index in [1.807, 2.05) is 31.6 Å². The van der Waals surface area contributed by atoms with Crippen molar-refractivity contribution in [3.05, 3.63) is 90.7 Å². The van der Waals surface area contributed by atoms with Gasteiger partial charge in [0.1, 0.15) is 0 Å². The van der Waals surface area contributed by atoms with Crippen LogP contribution in [0.25, 0.3) is 38.6 Å². The van der Waals surface area contributed by atoms with Crippen molar-refractivity contribution in [2.45, 2.75) is 19.9 Å². The van der Waals surface area contributed by atoms with Crippen molar-refractivity contribution in [1.82, 2.24) is 19.5 Å². The molecule has 6 nitrogen and oxygen atoms in total. The molecule has 0 spiro atoms. The van der Waals surface area contributed by atoms with Crippen LogP contribution in [0.4, 0.5) is 5.69 Å². The van der Waals surface area contributed by atoms with E-state index in [1.54, 1.807) is 19.4 Å². The van der Waals surface area contributed by atoms with Crippen molar-refractivity contribution in [3.63, 3.8) is 0 Å². The molecule has 0 radical (unpaired) electrons. The summed E-state index contributed by atoms with van der Waals surface area (Å²) in [6.07, 6.45) is 13.3. The van der Waals surface area contributed by atoms with E-state index in [0.717, 1.165) is 44.5 Å². The van der Waals surface area contributed by atoms with Crippen LogP contribution >= 0.6 is 0 Å². The summed E-state index contributed by atoms with van der Waals surface area (Å²) >= 11 is 0. The number of anilines is 1. The normalized spacial score (nSPS) is 13.1. The zero-order valence-electron chi connectivity index (χ0n) is 20.4. The largest absolute Gasteiger partial charge is 0.378 e. The molecule has 0 aliphatic rings. The maximum Gasteiger partial charge on any atom is 0.0966 e. The topological polar surface area (TPSA) is 68.0 Å². The molecule has 1 unspecified atom stereocenters. The maximum atomic E-state index is 4.67. The van der Waals surface area contributed by atoms with Gasteiger partial charge in [0.2, 0.25) is 0 Å². The summed E-state index contributed by atoms with van der Waals surface area (Å²) in [7, 11) is 3.86. The first kappa shape index (κ1) is 22.5. The molecular formula is C29H28N6. The van der Waals surface area contributed by atoms with Crippen LogP contribution in [0.3, 0.4) is 0 Å². The Morgan fingerprint density at radius 2 is 1.91 bits per heavy atom. The van der Waals surface area contributed by atoms with Crippen LogP contribution in [0.5, 0.6) is 0 Å². The van der Waals surface area contributed by atoms with E-state index in [-0.39, 0.29) is 6.04 Å². The van der Waals surface area contributed by atoms with E-state index < -0.39 is 0 Å². The van der Waals surface area contributed by atoms with Crippen molar-refractivity contribution >= 4 is 39.4 Å². The van der Waals surface area contributed by atoms with E-state index in [1.165, 1.54) is 10.9 Å². The molecule has 174 valence electrons. The second-order valence-corrected chi connectivity index (χ2v) is 8.61. The Kier molecular flexibility index (Phi) is 6.10. The fraction of sp³-hybridized carbons (Fsp3) is 0.172. The second-order valence-electron chi connectivity index (χ2n) is 8.61. The number of nitrogens with zero attached hydrogens (tertiary/aromatic N) is 5. The van der Waals surface area contributed by atoms with Gasteiger partial charge in [0.25, 0.3) is 0 Å². The lowest BCUT2D eigenvalue weighted by molar-refractivity contribution is 0.872. The Labute approximate surface area is 205 Å². The van der Waals surface area contributed by atoms with E-state index in [9.17, 15) is 0 Å². The lowest BCUT2D eigenvalue weighted by Crippen LogP contribution is -2.10. The summed E-state index contributed by atoms with van der Waals surface area (Å²) in [5.41, 5.74) is 9.35. The van der Waals surface area contributed by atoms with Gasteiger partial charge < -0.3 is 9.88 Å². The van der Waals surface area contributed by atoms with Crippen molar-refractivity contribution in [2.75, 3.05) is 12.4 Å². The highest BCUT2D eigenvalue weighted by atomic mass is 14.9. The molecule has 35 heavy (non-hydrogen) atoms. The molecule has 5 aromatic rings. The van der Waals surface area contributed by atoms with Crippen molar-refractivity contribution < 1.29 is 0 Å². The molecule has 3 aromatic heterocycles. The Bertz CT molecular complexity index is 1580. The van der Waals surface area contributed by atoms with E-state index in [0.29, 0.717) is 0 Å². The molecule has 0 saturated carbocycles. The Morgan fingerprint density at radius 3 is 2.74 bits per heavy atom.